The number of anilines is 2. The molecule has 2 aromatic rings. The van der Waals surface area contributed by atoms with Crippen LogP contribution in [0.2, 0.25) is 5.02 Å². The van der Waals surface area contributed by atoms with Gasteiger partial charge in [-0.1, -0.05) is 11.6 Å². The van der Waals surface area contributed by atoms with Gasteiger partial charge in [-0.15, -0.1) is 0 Å². The van der Waals surface area contributed by atoms with E-state index in [-0.39, 0.29) is 9.92 Å². The summed E-state index contributed by atoms with van der Waals surface area (Å²) in [5.41, 5.74) is 6.39. The Morgan fingerprint density at radius 3 is 2.32 bits per heavy atom. The summed E-state index contributed by atoms with van der Waals surface area (Å²) >= 11 is 7.97. The monoisotopic (exact) mass is 408 g/mol. The molecule has 0 aliphatic heterocycles. The molecule has 0 heterocycles. The molecule has 2 aromatic carbocycles. The second-order valence-electron chi connectivity index (χ2n) is 3.80. The van der Waals surface area contributed by atoms with Crippen molar-refractivity contribution in [3.05, 3.63) is 51.1 Å². The lowest BCUT2D eigenvalue weighted by molar-refractivity contribution is 0.601. The van der Waals surface area contributed by atoms with Gasteiger partial charge in [-0.3, -0.25) is 4.72 Å². The van der Waals surface area contributed by atoms with E-state index in [9.17, 15) is 8.42 Å². The van der Waals surface area contributed by atoms with Crippen molar-refractivity contribution in [1.29, 1.82) is 0 Å². The van der Waals surface area contributed by atoms with Crippen molar-refractivity contribution in [2.24, 2.45) is 0 Å². The van der Waals surface area contributed by atoms with Crippen LogP contribution in [0.25, 0.3) is 0 Å². The Bertz CT molecular complexity index is 702. The fourth-order valence-electron chi connectivity index (χ4n) is 1.41. The van der Waals surface area contributed by atoms with Gasteiger partial charge in [-0.2, -0.15) is 0 Å². The highest BCUT2D eigenvalue weighted by Crippen LogP contribution is 2.24. The quantitative estimate of drug-likeness (QED) is 0.604. The van der Waals surface area contributed by atoms with E-state index in [1.807, 2.05) is 12.1 Å². The summed E-state index contributed by atoms with van der Waals surface area (Å²) in [7, 11) is -3.66. The van der Waals surface area contributed by atoms with Crippen molar-refractivity contribution in [2.45, 2.75) is 4.90 Å². The molecule has 0 aliphatic rings. The van der Waals surface area contributed by atoms with Gasteiger partial charge in [0.15, 0.2) is 0 Å². The zero-order chi connectivity index (χ0) is 14.0. The SMILES string of the molecule is Nc1ccc(S(=O)(=O)Nc2ccc(I)cc2)cc1Cl. The summed E-state index contributed by atoms with van der Waals surface area (Å²) in [5.74, 6) is 0. The Hall–Kier alpha value is -0.990. The molecule has 2 rings (SSSR count). The Balaban J connectivity index is 2.32. The third-order valence-electron chi connectivity index (χ3n) is 2.38. The molecule has 0 radical (unpaired) electrons. The third-order valence-corrected chi connectivity index (χ3v) is 4.80. The second-order valence-corrected chi connectivity index (χ2v) is 7.13. The van der Waals surface area contributed by atoms with Gasteiger partial charge in [-0.25, -0.2) is 8.42 Å². The Morgan fingerprint density at radius 2 is 1.74 bits per heavy atom. The largest absolute Gasteiger partial charge is 0.398 e. The number of hydrogen-bond donors (Lipinski definition) is 2. The minimum absolute atomic E-state index is 0.0743. The lowest BCUT2D eigenvalue weighted by atomic mass is 10.3. The van der Waals surface area contributed by atoms with Crippen LogP contribution < -0.4 is 10.5 Å². The summed E-state index contributed by atoms with van der Waals surface area (Å²) in [6.07, 6.45) is 0. The van der Waals surface area contributed by atoms with E-state index in [0.717, 1.165) is 3.57 Å². The van der Waals surface area contributed by atoms with Crippen molar-refractivity contribution < 1.29 is 8.42 Å². The maximum absolute atomic E-state index is 12.1. The first kappa shape index (κ1) is 14.4. The third kappa shape index (κ3) is 3.52. The van der Waals surface area contributed by atoms with Gasteiger partial charge in [0.05, 0.1) is 15.6 Å². The molecule has 0 amide bonds. The van der Waals surface area contributed by atoms with Crippen LogP contribution in [-0.4, -0.2) is 8.42 Å². The molecule has 0 spiro atoms. The summed E-state index contributed by atoms with van der Waals surface area (Å²) in [6.45, 7) is 0. The molecule has 0 fully saturated rings. The number of nitrogen functional groups attached to an aromatic ring is 1. The Morgan fingerprint density at radius 1 is 1.11 bits per heavy atom. The Labute approximate surface area is 130 Å². The fourth-order valence-corrected chi connectivity index (χ4v) is 3.10. The molecule has 0 saturated heterocycles. The molecule has 100 valence electrons. The molecule has 0 unspecified atom stereocenters. The molecule has 0 bridgehead atoms. The standard InChI is InChI=1S/C12H10ClIN2O2S/c13-11-7-10(5-6-12(11)15)19(17,18)16-9-3-1-8(14)2-4-9/h1-7,16H,15H2. The highest BCUT2D eigenvalue weighted by Gasteiger charge is 2.15. The maximum Gasteiger partial charge on any atom is 0.261 e. The van der Waals surface area contributed by atoms with Gasteiger partial charge in [0.2, 0.25) is 0 Å². The first-order valence-corrected chi connectivity index (χ1v) is 8.16. The molecule has 0 aliphatic carbocycles. The van der Waals surface area contributed by atoms with Crippen LogP contribution in [0.1, 0.15) is 0 Å². The first-order valence-electron chi connectivity index (χ1n) is 5.22. The Kier molecular flexibility index (Phi) is 4.22. The lowest BCUT2D eigenvalue weighted by Gasteiger charge is -2.09. The number of nitrogens with one attached hydrogen (secondary N) is 1. The maximum atomic E-state index is 12.1. The molecular formula is C12H10ClIN2O2S. The first-order chi connectivity index (χ1) is 8.88. The minimum atomic E-state index is -3.66. The number of halogens is 2. The summed E-state index contributed by atoms with van der Waals surface area (Å²) in [6, 6.07) is 11.2. The van der Waals surface area contributed by atoms with Crippen molar-refractivity contribution in [3.63, 3.8) is 0 Å². The molecule has 4 nitrogen and oxygen atoms in total. The number of rotatable bonds is 3. The average molecular weight is 409 g/mol. The number of sulfonamides is 1. The van der Waals surface area contributed by atoms with Gasteiger partial charge in [-0.05, 0) is 65.1 Å². The van der Waals surface area contributed by atoms with E-state index in [2.05, 4.69) is 27.3 Å². The molecule has 3 N–H and O–H groups in total. The fraction of sp³-hybridized carbons (Fsp3) is 0. The summed E-state index contributed by atoms with van der Waals surface area (Å²) in [4.78, 5) is 0.0743. The van der Waals surface area contributed by atoms with E-state index < -0.39 is 10.0 Å². The van der Waals surface area contributed by atoms with Crippen LogP contribution in [0.3, 0.4) is 0 Å². The highest BCUT2D eigenvalue weighted by molar-refractivity contribution is 14.1. The van der Waals surface area contributed by atoms with Gasteiger partial charge in [0.25, 0.3) is 10.0 Å². The number of nitrogens with two attached hydrogens (primary N) is 1. The van der Waals surface area contributed by atoms with Crippen LogP contribution in [0.5, 0.6) is 0 Å². The topological polar surface area (TPSA) is 72.2 Å². The van der Waals surface area contributed by atoms with Gasteiger partial charge < -0.3 is 5.73 Å². The molecule has 0 aromatic heterocycles. The van der Waals surface area contributed by atoms with Crippen molar-refractivity contribution in [1.82, 2.24) is 0 Å². The van der Waals surface area contributed by atoms with Crippen LogP contribution in [0.15, 0.2) is 47.4 Å². The predicted octanol–water partition coefficient (Wildman–Crippen LogP) is 3.33. The normalized spacial score (nSPS) is 11.3. The minimum Gasteiger partial charge on any atom is -0.398 e. The number of hydrogen-bond acceptors (Lipinski definition) is 3. The van der Waals surface area contributed by atoms with Gasteiger partial charge >= 0.3 is 0 Å². The van der Waals surface area contributed by atoms with E-state index in [1.165, 1.54) is 18.2 Å². The predicted molar refractivity (Wildman–Crippen MR) is 85.8 cm³/mol. The lowest BCUT2D eigenvalue weighted by Crippen LogP contribution is -2.13. The molecule has 0 saturated carbocycles. The van der Waals surface area contributed by atoms with Crippen LogP contribution in [-0.2, 0) is 10.0 Å². The van der Waals surface area contributed by atoms with Crippen molar-refractivity contribution in [2.75, 3.05) is 10.5 Å². The second kappa shape index (κ2) is 5.56. The van der Waals surface area contributed by atoms with Crippen molar-refractivity contribution >= 4 is 55.6 Å². The van der Waals surface area contributed by atoms with Crippen LogP contribution in [0.4, 0.5) is 11.4 Å². The van der Waals surface area contributed by atoms with E-state index in [0.29, 0.717) is 11.4 Å². The van der Waals surface area contributed by atoms with E-state index >= 15 is 0 Å². The zero-order valence-corrected chi connectivity index (χ0v) is 13.3. The summed E-state index contributed by atoms with van der Waals surface area (Å²) < 4.78 is 27.8. The van der Waals surface area contributed by atoms with Gasteiger partial charge in [0, 0.05) is 9.26 Å². The average Bonchev–Trinajstić information content (AvgIpc) is 2.35. The van der Waals surface area contributed by atoms with Crippen LogP contribution in [0, 0.1) is 3.57 Å². The summed E-state index contributed by atoms with van der Waals surface area (Å²) in [5, 5.41) is 0.213. The highest BCUT2D eigenvalue weighted by atomic mass is 127. The molecule has 7 heteroatoms. The molecule has 19 heavy (non-hydrogen) atoms. The molecule has 0 atom stereocenters. The van der Waals surface area contributed by atoms with E-state index in [1.54, 1.807) is 12.1 Å². The number of benzene rings is 2. The zero-order valence-electron chi connectivity index (χ0n) is 9.60. The van der Waals surface area contributed by atoms with Crippen molar-refractivity contribution in [3.8, 4) is 0 Å². The van der Waals surface area contributed by atoms with Gasteiger partial charge in [0.1, 0.15) is 0 Å². The smallest absolute Gasteiger partial charge is 0.261 e. The van der Waals surface area contributed by atoms with E-state index in [4.69, 9.17) is 17.3 Å². The molecular weight excluding hydrogens is 399 g/mol. The van der Waals surface area contributed by atoms with Crippen LogP contribution >= 0.6 is 34.2 Å².